The lowest BCUT2D eigenvalue weighted by Crippen LogP contribution is -2.60. The number of rotatable bonds is 2. The molecule has 4 heterocycles. The molecule has 3 aromatic rings. The molecule has 8 heteroatoms. The number of H-pyrrole nitrogens is 1. The van der Waals surface area contributed by atoms with E-state index in [9.17, 15) is 9.59 Å². The number of fused-ring (bicyclic) bond motifs is 5. The SMILES string of the molecule is O=C1[C@H]2Cc3c([nH]c4ccccc34)CN2C(=O)CN1/N=C\c1ccc2c(c1)OCO2. The molecule has 1 fully saturated rings. The molecule has 30 heavy (non-hydrogen) atoms. The van der Waals surface area contributed by atoms with E-state index in [-0.39, 0.29) is 25.2 Å². The highest BCUT2D eigenvalue weighted by Crippen LogP contribution is 2.33. The predicted octanol–water partition coefficient (Wildman–Crippen LogP) is 2.03. The maximum absolute atomic E-state index is 13.1. The Kier molecular flexibility index (Phi) is 3.61. The van der Waals surface area contributed by atoms with Gasteiger partial charge in [0.2, 0.25) is 12.7 Å². The monoisotopic (exact) mass is 402 g/mol. The molecule has 6 rings (SSSR count). The molecule has 0 radical (unpaired) electrons. The van der Waals surface area contributed by atoms with Crippen LogP contribution in [0.4, 0.5) is 0 Å². The lowest BCUT2D eigenvalue weighted by atomic mass is 9.94. The Hall–Kier alpha value is -3.81. The van der Waals surface area contributed by atoms with Crippen LogP contribution in [0.5, 0.6) is 11.5 Å². The van der Waals surface area contributed by atoms with Crippen LogP contribution in [-0.4, -0.2) is 52.3 Å². The molecule has 2 amide bonds. The first-order valence-electron chi connectivity index (χ1n) is 9.80. The predicted molar refractivity (Wildman–Crippen MR) is 108 cm³/mol. The number of amides is 2. The third-order valence-electron chi connectivity index (χ3n) is 5.89. The number of hydrogen-bond acceptors (Lipinski definition) is 5. The third kappa shape index (κ3) is 2.57. The Labute approximate surface area is 171 Å². The van der Waals surface area contributed by atoms with Crippen molar-refractivity contribution in [1.29, 1.82) is 0 Å². The number of carbonyl (C=O) groups excluding carboxylic acids is 2. The molecule has 1 aromatic heterocycles. The molecule has 2 aromatic carbocycles. The van der Waals surface area contributed by atoms with Gasteiger partial charge in [0, 0.05) is 23.0 Å². The largest absolute Gasteiger partial charge is 0.454 e. The van der Waals surface area contributed by atoms with Crippen molar-refractivity contribution in [1.82, 2.24) is 14.9 Å². The summed E-state index contributed by atoms with van der Waals surface area (Å²) in [7, 11) is 0. The second-order valence-corrected chi connectivity index (χ2v) is 7.62. The van der Waals surface area contributed by atoms with Crippen molar-refractivity contribution in [2.24, 2.45) is 5.10 Å². The second kappa shape index (κ2) is 6.35. The minimum atomic E-state index is -0.535. The summed E-state index contributed by atoms with van der Waals surface area (Å²) in [6.45, 7) is 0.549. The van der Waals surface area contributed by atoms with E-state index in [2.05, 4.69) is 10.1 Å². The molecule has 0 bridgehead atoms. The fourth-order valence-electron chi connectivity index (χ4n) is 4.39. The van der Waals surface area contributed by atoms with Crippen LogP contribution in [0.1, 0.15) is 16.8 Å². The number of nitrogens with zero attached hydrogens (tertiary/aromatic N) is 3. The van der Waals surface area contributed by atoms with E-state index < -0.39 is 6.04 Å². The zero-order valence-corrected chi connectivity index (χ0v) is 16.0. The van der Waals surface area contributed by atoms with Crippen molar-refractivity contribution in [3.8, 4) is 11.5 Å². The molecule has 0 spiro atoms. The van der Waals surface area contributed by atoms with E-state index >= 15 is 0 Å². The zero-order chi connectivity index (χ0) is 20.2. The highest BCUT2D eigenvalue weighted by molar-refractivity contribution is 5.97. The third-order valence-corrected chi connectivity index (χ3v) is 5.89. The molecule has 1 atom stereocenters. The van der Waals surface area contributed by atoms with Gasteiger partial charge >= 0.3 is 0 Å². The smallest absolute Gasteiger partial charge is 0.266 e. The standard InChI is InChI=1S/C22H18N4O4/c27-21-11-26(23-9-13-5-6-19-20(7-13)30-12-29-19)22(28)18-8-15-14-3-1-2-4-16(14)24-17(15)10-25(18)21/h1-7,9,18,24H,8,10-12H2/b23-9-/t18-/m1/s1. The van der Waals surface area contributed by atoms with Crippen LogP contribution in [0.3, 0.4) is 0 Å². The topological polar surface area (TPSA) is 87.2 Å². The van der Waals surface area contributed by atoms with E-state index in [1.54, 1.807) is 23.2 Å². The van der Waals surface area contributed by atoms with Crippen LogP contribution in [0.2, 0.25) is 0 Å². The second-order valence-electron chi connectivity index (χ2n) is 7.62. The average Bonchev–Trinajstić information content (AvgIpc) is 3.37. The van der Waals surface area contributed by atoms with Gasteiger partial charge in [0.05, 0.1) is 12.8 Å². The highest BCUT2D eigenvalue weighted by atomic mass is 16.7. The highest BCUT2D eigenvalue weighted by Gasteiger charge is 2.43. The Morgan fingerprint density at radius 1 is 1.07 bits per heavy atom. The number of carbonyl (C=O) groups is 2. The number of nitrogens with one attached hydrogen (secondary N) is 1. The van der Waals surface area contributed by atoms with Crippen LogP contribution in [0, 0.1) is 0 Å². The fraction of sp³-hybridized carbons (Fsp3) is 0.227. The summed E-state index contributed by atoms with van der Waals surface area (Å²) in [5, 5.41) is 6.69. The lowest BCUT2D eigenvalue weighted by Gasteiger charge is -2.40. The molecule has 0 aliphatic carbocycles. The number of piperazine rings is 1. The number of hydrogen-bond donors (Lipinski definition) is 1. The normalized spacial score (nSPS) is 20.2. The molecular weight excluding hydrogens is 384 g/mol. The minimum Gasteiger partial charge on any atom is -0.454 e. The van der Waals surface area contributed by atoms with E-state index in [0.717, 1.165) is 27.7 Å². The maximum atomic E-state index is 13.1. The first-order chi connectivity index (χ1) is 14.7. The zero-order valence-electron chi connectivity index (χ0n) is 16.0. The lowest BCUT2D eigenvalue weighted by molar-refractivity contribution is -0.157. The van der Waals surface area contributed by atoms with E-state index in [0.29, 0.717) is 24.5 Å². The maximum Gasteiger partial charge on any atom is 0.266 e. The van der Waals surface area contributed by atoms with Crippen LogP contribution in [0.15, 0.2) is 47.6 Å². The van der Waals surface area contributed by atoms with E-state index in [1.165, 1.54) is 5.01 Å². The number of ether oxygens (including phenoxy) is 2. The summed E-state index contributed by atoms with van der Waals surface area (Å²) in [4.78, 5) is 31.0. The first kappa shape index (κ1) is 17.1. The molecule has 8 nitrogen and oxygen atoms in total. The Balaban J connectivity index is 1.28. The van der Waals surface area contributed by atoms with Gasteiger partial charge in [-0.05, 0) is 35.4 Å². The van der Waals surface area contributed by atoms with Crippen molar-refractivity contribution in [2.75, 3.05) is 13.3 Å². The minimum absolute atomic E-state index is 0.0635. The van der Waals surface area contributed by atoms with Gasteiger partial charge in [0.25, 0.3) is 5.91 Å². The molecule has 150 valence electrons. The van der Waals surface area contributed by atoms with Gasteiger partial charge in [-0.15, -0.1) is 0 Å². The Morgan fingerprint density at radius 2 is 1.93 bits per heavy atom. The molecule has 3 aliphatic heterocycles. The number of benzene rings is 2. The van der Waals surface area contributed by atoms with Gasteiger partial charge < -0.3 is 19.4 Å². The van der Waals surface area contributed by atoms with Crippen molar-refractivity contribution in [2.45, 2.75) is 19.0 Å². The van der Waals surface area contributed by atoms with Crippen LogP contribution in [0.25, 0.3) is 10.9 Å². The van der Waals surface area contributed by atoms with Gasteiger partial charge in [0.1, 0.15) is 12.6 Å². The van der Waals surface area contributed by atoms with E-state index in [1.807, 2.05) is 30.3 Å². The quantitative estimate of drug-likeness (QED) is 0.665. The number of hydrazone groups is 1. The fourth-order valence-corrected chi connectivity index (χ4v) is 4.39. The molecule has 1 N–H and O–H groups in total. The summed E-state index contributed by atoms with van der Waals surface area (Å²) in [5.41, 5.74) is 3.91. The summed E-state index contributed by atoms with van der Waals surface area (Å²) in [6, 6.07) is 12.9. The van der Waals surface area contributed by atoms with Gasteiger partial charge in [-0.25, -0.2) is 5.01 Å². The molecule has 0 saturated carbocycles. The van der Waals surface area contributed by atoms with Crippen LogP contribution >= 0.6 is 0 Å². The van der Waals surface area contributed by atoms with Crippen molar-refractivity contribution in [3.63, 3.8) is 0 Å². The molecule has 0 unspecified atom stereocenters. The number of para-hydroxylation sites is 1. The van der Waals surface area contributed by atoms with Gasteiger partial charge in [-0.2, -0.15) is 5.10 Å². The summed E-state index contributed by atoms with van der Waals surface area (Å²) in [6.07, 6.45) is 2.06. The van der Waals surface area contributed by atoms with Crippen LogP contribution in [-0.2, 0) is 22.6 Å². The first-order valence-corrected chi connectivity index (χ1v) is 9.80. The van der Waals surface area contributed by atoms with Crippen molar-refractivity contribution >= 4 is 28.9 Å². The number of aromatic nitrogens is 1. The molecular formula is C22H18N4O4. The Morgan fingerprint density at radius 3 is 2.87 bits per heavy atom. The van der Waals surface area contributed by atoms with E-state index in [4.69, 9.17) is 9.47 Å². The van der Waals surface area contributed by atoms with Crippen molar-refractivity contribution < 1.29 is 19.1 Å². The van der Waals surface area contributed by atoms with Gasteiger partial charge in [-0.3, -0.25) is 9.59 Å². The Bertz CT molecular complexity index is 1230. The summed E-state index contributed by atoms with van der Waals surface area (Å²) >= 11 is 0. The summed E-state index contributed by atoms with van der Waals surface area (Å²) in [5.74, 6) is 1.06. The van der Waals surface area contributed by atoms with Gasteiger partial charge in [0.15, 0.2) is 11.5 Å². The molecule has 1 saturated heterocycles. The number of aromatic amines is 1. The average molecular weight is 402 g/mol. The van der Waals surface area contributed by atoms with Crippen molar-refractivity contribution in [3.05, 3.63) is 59.3 Å². The summed E-state index contributed by atoms with van der Waals surface area (Å²) < 4.78 is 10.7. The van der Waals surface area contributed by atoms with Crippen LogP contribution < -0.4 is 9.47 Å². The molecule has 3 aliphatic rings. The van der Waals surface area contributed by atoms with Gasteiger partial charge in [-0.1, -0.05) is 18.2 Å².